The Hall–Kier alpha value is -1.55. The summed E-state index contributed by atoms with van der Waals surface area (Å²) in [5.41, 5.74) is 2.42. The largest absolute Gasteiger partial charge is 0.469 e. The van der Waals surface area contributed by atoms with Crippen LogP contribution in [0.4, 0.5) is 0 Å². The van der Waals surface area contributed by atoms with Crippen LogP contribution in [0.25, 0.3) is 0 Å². The Bertz CT molecular complexity index is 472. The summed E-state index contributed by atoms with van der Waals surface area (Å²) in [6.45, 7) is 0.955. The lowest BCUT2D eigenvalue weighted by Gasteiger charge is -2.23. The average Bonchev–Trinajstić information content (AvgIpc) is 2.85. The molecule has 4 nitrogen and oxygen atoms in total. The number of rotatable bonds is 1. The summed E-state index contributed by atoms with van der Waals surface area (Å²) < 4.78 is 7.36. The van der Waals surface area contributed by atoms with Crippen molar-refractivity contribution in [1.82, 2.24) is 15.1 Å². The number of aromatic nitrogens is 2. The Balaban J connectivity index is 2.07. The highest BCUT2D eigenvalue weighted by Crippen LogP contribution is 2.28. The van der Waals surface area contributed by atoms with E-state index < -0.39 is 0 Å². The monoisotopic (exact) mass is 203 g/mol. The topological polar surface area (TPSA) is 43.0 Å². The predicted octanol–water partition coefficient (Wildman–Crippen LogP) is 1.25. The molecule has 0 aromatic carbocycles. The molecule has 0 bridgehead atoms. The van der Waals surface area contributed by atoms with E-state index in [2.05, 4.69) is 10.4 Å². The van der Waals surface area contributed by atoms with Gasteiger partial charge in [0, 0.05) is 31.8 Å². The maximum absolute atomic E-state index is 5.45. The molecular weight excluding hydrogens is 190 g/mol. The van der Waals surface area contributed by atoms with Crippen molar-refractivity contribution in [3.63, 3.8) is 0 Å². The molecule has 78 valence electrons. The smallest absolute Gasteiger partial charge is 0.110 e. The van der Waals surface area contributed by atoms with Crippen molar-refractivity contribution in [3.8, 4) is 0 Å². The van der Waals surface area contributed by atoms with Gasteiger partial charge in [-0.25, -0.2) is 0 Å². The van der Waals surface area contributed by atoms with E-state index >= 15 is 0 Å². The van der Waals surface area contributed by atoms with E-state index in [1.54, 1.807) is 6.26 Å². The number of furan rings is 1. The molecule has 0 spiro atoms. The minimum Gasteiger partial charge on any atom is -0.469 e. The first-order valence-electron chi connectivity index (χ1n) is 5.14. The van der Waals surface area contributed by atoms with Crippen molar-refractivity contribution < 1.29 is 4.42 Å². The number of nitrogens with one attached hydrogen (secondary N) is 1. The third-order valence-corrected chi connectivity index (χ3v) is 2.95. The van der Waals surface area contributed by atoms with Crippen LogP contribution < -0.4 is 5.32 Å². The molecule has 2 aromatic rings. The van der Waals surface area contributed by atoms with E-state index in [0.29, 0.717) is 0 Å². The molecule has 0 radical (unpaired) electrons. The summed E-state index contributed by atoms with van der Waals surface area (Å²) in [7, 11) is 1.96. The maximum atomic E-state index is 5.45. The van der Waals surface area contributed by atoms with Gasteiger partial charge in [0.05, 0.1) is 18.0 Å². The summed E-state index contributed by atoms with van der Waals surface area (Å²) in [6, 6.07) is 4.30. The standard InChI is InChI=1S/C11H13N3O/c1-14-9(2-6-13-14)11-8-4-7-15-10(8)3-5-12-11/h2,4,6-7,11-12H,3,5H2,1H3. The molecule has 1 aliphatic heterocycles. The Morgan fingerprint density at radius 2 is 2.47 bits per heavy atom. The summed E-state index contributed by atoms with van der Waals surface area (Å²) in [5, 5.41) is 7.68. The van der Waals surface area contributed by atoms with Crippen LogP contribution in [-0.4, -0.2) is 16.3 Å². The van der Waals surface area contributed by atoms with Gasteiger partial charge in [0.15, 0.2) is 0 Å². The minimum absolute atomic E-state index is 0.222. The van der Waals surface area contributed by atoms with Gasteiger partial charge >= 0.3 is 0 Å². The Labute approximate surface area is 87.9 Å². The first-order chi connectivity index (χ1) is 7.36. The number of fused-ring (bicyclic) bond motifs is 1. The van der Waals surface area contributed by atoms with Gasteiger partial charge in [0.25, 0.3) is 0 Å². The molecule has 1 atom stereocenters. The molecular formula is C11H13N3O. The lowest BCUT2D eigenvalue weighted by Crippen LogP contribution is -2.31. The van der Waals surface area contributed by atoms with E-state index in [4.69, 9.17) is 4.42 Å². The zero-order chi connectivity index (χ0) is 10.3. The van der Waals surface area contributed by atoms with E-state index in [1.165, 1.54) is 11.3 Å². The second kappa shape index (κ2) is 3.24. The first kappa shape index (κ1) is 8.73. The highest BCUT2D eigenvalue weighted by atomic mass is 16.3. The van der Waals surface area contributed by atoms with Gasteiger partial charge in [-0.15, -0.1) is 0 Å². The Kier molecular flexibility index (Phi) is 1.89. The van der Waals surface area contributed by atoms with Crippen molar-refractivity contribution in [1.29, 1.82) is 0 Å². The quantitative estimate of drug-likeness (QED) is 0.758. The van der Waals surface area contributed by atoms with E-state index in [1.807, 2.05) is 30.1 Å². The number of hydrogen-bond donors (Lipinski definition) is 1. The van der Waals surface area contributed by atoms with Crippen LogP contribution in [0.2, 0.25) is 0 Å². The summed E-state index contributed by atoms with van der Waals surface area (Å²) in [6.07, 6.45) is 4.56. The molecule has 1 N–H and O–H groups in total. The molecule has 15 heavy (non-hydrogen) atoms. The Morgan fingerprint density at radius 3 is 3.27 bits per heavy atom. The molecule has 2 aromatic heterocycles. The van der Waals surface area contributed by atoms with E-state index in [0.717, 1.165) is 18.7 Å². The molecule has 0 amide bonds. The maximum Gasteiger partial charge on any atom is 0.110 e. The highest BCUT2D eigenvalue weighted by Gasteiger charge is 2.25. The second-order valence-electron chi connectivity index (χ2n) is 3.82. The summed E-state index contributed by atoms with van der Waals surface area (Å²) in [5.74, 6) is 1.10. The fourth-order valence-electron chi connectivity index (χ4n) is 2.18. The van der Waals surface area contributed by atoms with Crippen LogP contribution >= 0.6 is 0 Å². The van der Waals surface area contributed by atoms with Crippen molar-refractivity contribution >= 4 is 0 Å². The van der Waals surface area contributed by atoms with Gasteiger partial charge in [-0.1, -0.05) is 0 Å². The van der Waals surface area contributed by atoms with E-state index in [9.17, 15) is 0 Å². The van der Waals surface area contributed by atoms with Gasteiger partial charge in [-0.3, -0.25) is 4.68 Å². The highest BCUT2D eigenvalue weighted by molar-refractivity contribution is 5.31. The van der Waals surface area contributed by atoms with Crippen molar-refractivity contribution in [3.05, 3.63) is 41.6 Å². The summed E-state index contributed by atoms with van der Waals surface area (Å²) >= 11 is 0. The lowest BCUT2D eigenvalue weighted by molar-refractivity contribution is 0.447. The van der Waals surface area contributed by atoms with Crippen LogP contribution in [0.5, 0.6) is 0 Å². The fourth-order valence-corrected chi connectivity index (χ4v) is 2.18. The number of nitrogens with zero attached hydrogens (tertiary/aromatic N) is 2. The van der Waals surface area contributed by atoms with Gasteiger partial charge in [-0.05, 0) is 12.1 Å². The van der Waals surface area contributed by atoms with Crippen molar-refractivity contribution in [2.75, 3.05) is 6.54 Å². The van der Waals surface area contributed by atoms with Crippen molar-refractivity contribution in [2.45, 2.75) is 12.5 Å². The molecule has 3 heterocycles. The van der Waals surface area contributed by atoms with Gasteiger partial charge in [0.2, 0.25) is 0 Å². The number of aryl methyl sites for hydroxylation is 1. The number of hydrogen-bond acceptors (Lipinski definition) is 3. The zero-order valence-electron chi connectivity index (χ0n) is 8.60. The van der Waals surface area contributed by atoms with Crippen LogP contribution in [0.1, 0.15) is 23.1 Å². The van der Waals surface area contributed by atoms with Gasteiger partial charge in [0.1, 0.15) is 5.76 Å². The van der Waals surface area contributed by atoms with Crippen LogP contribution in [-0.2, 0) is 13.5 Å². The third-order valence-electron chi connectivity index (χ3n) is 2.95. The molecule has 1 unspecified atom stereocenters. The molecule has 1 aliphatic rings. The minimum atomic E-state index is 0.222. The SMILES string of the molecule is Cn1nccc1C1NCCc2occc21. The zero-order valence-corrected chi connectivity index (χ0v) is 8.60. The fraction of sp³-hybridized carbons (Fsp3) is 0.364. The van der Waals surface area contributed by atoms with Crippen LogP contribution in [0.15, 0.2) is 29.0 Å². The van der Waals surface area contributed by atoms with Gasteiger partial charge in [-0.2, -0.15) is 5.10 Å². The normalized spacial score (nSPS) is 20.2. The third kappa shape index (κ3) is 1.29. The van der Waals surface area contributed by atoms with Crippen LogP contribution in [0.3, 0.4) is 0 Å². The molecule has 0 fully saturated rings. The second-order valence-corrected chi connectivity index (χ2v) is 3.82. The van der Waals surface area contributed by atoms with Crippen LogP contribution in [0, 0.1) is 0 Å². The molecule has 0 saturated carbocycles. The van der Waals surface area contributed by atoms with Crippen molar-refractivity contribution in [2.24, 2.45) is 7.05 Å². The lowest BCUT2D eigenvalue weighted by atomic mass is 9.99. The van der Waals surface area contributed by atoms with Gasteiger partial charge < -0.3 is 9.73 Å². The first-order valence-corrected chi connectivity index (χ1v) is 5.14. The predicted molar refractivity (Wildman–Crippen MR) is 55.5 cm³/mol. The molecule has 4 heteroatoms. The molecule has 0 aliphatic carbocycles. The average molecular weight is 203 g/mol. The summed E-state index contributed by atoms with van der Waals surface area (Å²) in [4.78, 5) is 0. The Morgan fingerprint density at radius 1 is 1.53 bits per heavy atom. The van der Waals surface area contributed by atoms with E-state index in [-0.39, 0.29) is 6.04 Å². The molecule has 0 saturated heterocycles. The molecule has 3 rings (SSSR count).